The van der Waals surface area contributed by atoms with Crippen molar-refractivity contribution < 1.29 is 32.2 Å². The van der Waals surface area contributed by atoms with Gasteiger partial charge in [-0.3, -0.25) is 4.79 Å². The van der Waals surface area contributed by atoms with Crippen molar-refractivity contribution in [3.05, 3.63) is 76.6 Å². The largest absolute Gasteiger partial charge is 0.496 e. The van der Waals surface area contributed by atoms with Crippen LogP contribution in [0.3, 0.4) is 0 Å². The highest BCUT2D eigenvalue weighted by atomic mass is 19.4. The van der Waals surface area contributed by atoms with Crippen LogP contribution in [0.5, 0.6) is 5.75 Å². The van der Waals surface area contributed by atoms with Gasteiger partial charge in [-0.25, -0.2) is 9.48 Å². The third-order valence-corrected chi connectivity index (χ3v) is 5.56. The molecule has 1 aliphatic rings. The molecule has 1 amide bonds. The van der Waals surface area contributed by atoms with E-state index in [0.29, 0.717) is 22.6 Å². The SMILES string of the molecule is COC(=O)c1cc(CNC(=O)c2cnn(-c3cccc(C(F)(F)F)c3)c2C2CC2)ccc1OC. The molecule has 34 heavy (non-hydrogen) atoms. The number of hydrogen-bond acceptors (Lipinski definition) is 5. The molecular weight excluding hydrogens is 451 g/mol. The van der Waals surface area contributed by atoms with Crippen molar-refractivity contribution >= 4 is 11.9 Å². The Balaban J connectivity index is 1.58. The average Bonchev–Trinajstić information content (AvgIpc) is 3.58. The molecule has 0 spiro atoms. The van der Waals surface area contributed by atoms with Crippen molar-refractivity contribution in [1.82, 2.24) is 15.1 Å². The highest BCUT2D eigenvalue weighted by Crippen LogP contribution is 2.43. The van der Waals surface area contributed by atoms with E-state index >= 15 is 0 Å². The number of alkyl halides is 3. The van der Waals surface area contributed by atoms with Crippen LogP contribution in [0.1, 0.15) is 56.3 Å². The Labute approximate surface area is 193 Å². The fourth-order valence-electron chi connectivity index (χ4n) is 3.71. The summed E-state index contributed by atoms with van der Waals surface area (Å²) in [6.07, 6.45) is -1.46. The van der Waals surface area contributed by atoms with Gasteiger partial charge in [0.2, 0.25) is 0 Å². The molecule has 0 radical (unpaired) electrons. The van der Waals surface area contributed by atoms with Crippen LogP contribution in [-0.2, 0) is 17.5 Å². The molecule has 4 rings (SSSR count). The second-order valence-corrected chi connectivity index (χ2v) is 7.89. The van der Waals surface area contributed by atoms with Gasteiger partial charge in [0.25, 0.3) is 5.91 Å². The summed E-state index contributed by atoms with van der Waals surface area (Å²) in [6, 6.07) is 9.74. The van der Waals surface area contributed by atoms with Crippen LogP contribution < -0.4 is 10.1 Å². The normalized spacial score (nSPS) is 13.4. The van der Waals surface area contributed by atoms with Gasteiger partial charge in [0.15, 0.2) is 0 Å². The van der Waals surface area contributed by atoms with Crippen LogP contribution in [0.4, 0.5) is 13.2 Å². The lowest BCUT2D eigenvalue weighted by atomic mass is 10.1. The van der Waals surface area contributed by atoms with E-state index in [9.17, 15) is 22.8 Å². The summed E-state index contributed by atoms with van der Waals surface area (Å²) in [5.41, 5.74) is 1.23. The number of rotatable bonds is 7. The highest BCUT2D eigenvalue weighted by molar-refractivity contribution is 5.96. The zero-order valence-corrected chi connectivity index (χ0v) is 18.5. The lowest BCUT2D eigenvalue weighted by Crippen LogP contribution is -2.24. The first kappa shape index (κ1) is 23.3. The first-order valence-electron chi connectivity index (χ1n) is 10.5. The molecule has 1 heterocycles. The number of carbonyl (C=O) groups excluding carboxylic acids is 2. The minimum absolute atomic E-state index is 0.0460. The van der Waals surface area contributed by atoms with Crippen LogP contribution in [0.2, 0.25) is 0 Å². The van der Waals surface area contributed by atoms with Gasteiger partial charge in [0.05, 0.1) is 42.9 Å². The first-order valence-corrected chi connectivity index (χ1v) is 10.5. The molecular formula is C24H22F3N3O4. The van der Waals surface area contributed by atoms with Gasteiger partial charge in [-0.05, 0) is 48.7 Å². The third kappa shape index (κ3) is 4.75. The number of nitrogens with zero attached hydrogens (tertiary/aromatic N) is 2. The van der Waals surface area contributed by atoms with Crippen molar-refractivity contribution in [2.75, 3.05) is 14.2 Å². The maximum Gasteiger partial charge on any atom is 0.416 e. The minimum atomic E-state index is -4.48. The molecule has 1 aliphatic carbocycles. The molecule has 7 nitrogen and oxygen atoms in total. The lowest BCUT2D eigenvalue weighted by Gasteiger charge is -2.12. The molecule has 178 valence electrons. The maximum atomic E-state index is 13.2. The number of benzene rings is 2. The average molecular weight is 473 g/mol. The van der Waals surface area contributed by atoms with Gasteiger partial charge in [-0.15, -0.1) is 0 Å². The molecule has 3 aromatic rings. The van der Waals surface area contributed by atoms with Crippen molar-refractivity contribution in [1.29, 1.82) is 0 Å². The van der Waals surface area contributed by atoms with Gasteiger partial charge < -0.3 is 14.8 Å². The molecule has 1 saturated carbocycles. The second-order valence-electron chi connectivity index (χ2n) is 7.89. The fraction of sp³-hybridized carbons (Fsp3) is 0.292. The predicted octanol–water partition coefficient (Wildman–Crippen LogP) is 4.49. The van der Waals surface area contributed by atoms with Crippen LogP contribution in [0.15, 0.2) is 48.7 Å². The Morgan fingerprint density at radius 1 is 1.12 bits per heavy atom. The number of esters is 1. The van der Waals surface area contributed by atoms with E-state index in [1.807, 2.05) is 0 Å². The van der Waals surface area contributed by atoms with Crippen molar-refractivity contribution in [3.8, 4) is 11.4 Å². The number of amides is 1. The minimum Gasteiger partial charge on any atom is -0.496 e. The highest BCUT2D eigenvalue weighted by Gasteiger charge is 2.34. The Kier molecular flexibility index (Phi) is 6.32. The van der Waals surface area contributed by atoms with Crippen molar-refractivity contribution in [2.24, 2.45) is 0 Å². The summed E-state index contributed by atoms with van der Waals surface area (Å²) in [5, 5.41) is 7.02. The van der Waals surface area contributed by atoms with Gasteiger partial charge >= 0.3 is 12.1 Å². The Morgan fingerprint density at radius 3 is 2.53 bits per heavy atom. The fourth-order valence-corrected chi connectivity index (χ4v) is 3.71. The molecule has 0 aliphatic heterocycles. The summed E-state index contributed by atoms with van der Waals surface area (Å²) in [4.78, 5) is 25.0. The van der Waals surface area contributed by atoms with Crippen molar-refractivity contribution in [3.63, 3.8) is 0 Å². The summed E-state index contributed by atoms with van der Waals surface area (Å²) >= 11 is 0. The first-order chi connectivity index (χ1) is 16.2. The van der Waals surface area contributed by atoms with Crippen LogP contribution in [-0.4, -0.2) is 35.9 Å². The lowest BCUT2D eigenvalue weighted by molar-refractivity contribution is -0.137. The van der Waals surface area contributed by atoms with E-state index in [-0.39, 0.29) is 23.7 Å². The van der Waals surface area contributed by atoms with E-state index in [4.69, 9.17) is 9.47 Å². The van der Waals surface area contributed by atoms with E-state index in [1.54, 1.807) is 18.2 Å². The number of halogens is 3. The molecule has 1 aromatic heterocycles. The zero-order valence-electron chi connectivity index (χ0n) is 18.5. The number of nitrogens with one attached hydrogen (secondary N) is 1. The number of methoxy groups -OCH3 is 2. The van der Waals surface area contributed by atoms with Gasteiger partial charge in [0, 0.05) is 12.5 Å². The maximum absolute atomic E-state index is 13.2. The van der Waals surface area contributed by atoms with E-state index in [2.05, 4.69) is 10.4 Å². The number of carbonyl (C=O) groups is 2. The van der Waals surface area contributed by atoms with Crippen LogP contribution in [0, 0.1) is 0 Å². The van der Waals surface area contributed by atoms with E-state index in [1.165, 1.54) is 37.2 Å². The molecule has 0 bridgehead atoms. The molecule has 2 aromatic carbocycles. The summed E-state index contributed by atoms with van der Waals surface area (Å²) in [7, 11) is 2.70. The molecule has 1 N–H and O–H groups in total. The Bertz CT molecular complexity index is 1230. The summed E-state index contributed by atoms with van der Waals surface area (Å²) < 4.78 is 50.8. The Hall–Kier alpha value is -3.82. The molecule has 10 heteroatoms. The quantitative estimate of drug-likeness (QED) is 0.511. The predicted molar refractivity (Wildman–Crippen MR) is 116 cm³/mol. The van der Waals surface area contributed by atoms with Gasteiger partial charge in [-0.1, -0.05) is 12.1 Å². The molecule has 0 unspecified atom stereocenters. The van der Waals surface area contributed by atoms with Crippen molar-refractivity contribution in [2.45, 2.75) is 31.5 Å². The standard InChI is InChI=1S/C24H22F3N3O4/c1-33-20-9-6-14(10-18(20)23(32)34-2)12-28-22(31)19-13-29-30(21(19)15-7-8-15)17-5-3-4-16(11-17)24(25,26)27/h3-6,9-11,13,15H,7-8,12H2,1-2H3,(H,28,31). The summed E-state index contributed by atoms with van der Waals surface area (Å²) in [6.45, 7) is 0.117. The zero-order chi connectivity index (χ0) is 24.5. The second kappa shape index (κ2) is 9.20. The van der Waals surface area contributed by atoms with E-state index in [0.717, 1.165) is 25.0 Å². The van der Waals surface area contributed by atoms with Gasteiger partial charge in [0.1, 0.15) is 11.3 Å². The number of ether oxygens (including phenoxy) is 2. The Morgan fingerprint density at radius 2 is 1.88 bits per heavy atom. The summed E-state index contributed by atoms with van der Waals surface area (Å²) in [5.74, 6) is -0.580. The van der Waals surface area contributed by atoms with Crippen LogP contribution >= 0.6 is 0 Å². The van der Waals surface area contributed by atoms with Crippen LogP contribution in [0.25, 0.3) is 5.69 Å². The van der Waals surface area contributed by atoms with Gasteiger partial charge in [-0.2, -0.15) is 18.3 Å². The molecule has 0 saturated heterocycles. The molecule has 1 fully saturated rings. The topological polar surface area (TPSA) is 82.5 Å². The third-order valence-electron chi connectivity index (χ3n) is 5.56. The monoisotopic (exact) mass is 473 g/mol. The molecule has 0 atom stereocenters. The van der Waals surface area contributed by atoms with E-state index < -0.39 is 23.6 Å². The smallest absolute Gasteiger partial charge is 0.416 e. The number of hydrogen-bond donors (Lipinski definition) is 1. The number of aromatic nitrogens is 2.